The van der Waals surface area contributed by atoms with E-state index in [0.717, 1.165) is 12.2 Å². The Morgan fingerprint density at radius 2 is 1.85 bits per heavy atom. The lowest BCUT2D eigenvalue weighted by Gasteiger charge is -2.24. The molecule has 0 unspecified atom stereocenters. The largest absolute Gasteiger partial charge is 0.342 e. The normalized spacial score (nSPS) is 11.9. The Labute approximate surface area is 160 Å². The van der Waals surface area contributed by atoms with E-state index in [9.17, 15) is 9.59 Å². The van der Waals surface area contributed by atoms with Crippen molar-refractivity contribution in [2.75, 3.05) is 26.7 Å². The minimum Gasteiger partial charge on any atom is -0.342 e. The fourth-order valence-corrected chi connectivity index (χ4v) is 2.95. The molecule has 146 valence electrons. The molecule has 0 bridgehead atoms. The van der Waals surface area contributed by atoms with Crippen LogP contribution < -0.4 is 5.73 Å². The van der Waals surface area contributed by atoms with E-state index in [0.29, 0.717) is 19.5 Å². The predicted octanol–water partition coefficient (Wildman–Crippen LogP) is 1.13. The Morgan fingerprint density at radius 1 is 1.19 bits per heavy atom. The lowest BCUT2D eigenvalue weighted by molar-refractivity contribution is -0.139. The van der Waals surface area contributed by atoms with Gasteiger partial charge in [0.2, 0.25) is 11.8 Å². The summed E-state index contributed by atoms with van der Waals surface area (Å²) in [7, 11) is 1.61. The Hall–Kier alpha value is -2.67. The van der Waals surface area contributed by atoms with E-state index in [1.807, 2.05) is 42.8 Å². The smallest absolute Gasteiger partial charge is 0.242 e. The molecular formula is C20H29N5O2. The Balaban J connectivity index is 1.89. The monoisotopic (exact) mass is 371 g/mol. The van der Waals surface area contributed by atoms with Crippen LogP contribution in [0.25, 0.3) is 0 Å². The molecule has 0 aliphatic rings. The number of likely N-dealkylation sites (N-methyl/N-ethyl adjacent to an activating group) is 2. The molecule has 1 aromatic heterocycles. The van der Waals surface area contributed by atoms with Gasteiger partial charge in [-0.1, -0.05) is 30.3 Å². The molecule has 0 fully saturated rings. The van der Waals surface area contributed by atoms with Gasteiger partial charge in [-0.2, -0.15) is 0 Å². The van der Waals surface area contributed by atoms with Crippen LogP contribution in [0.3, 0.4) is 0 Å². The fraction of sp³-hybridized carbons (Fsp3) is 0.450. The molecule has 0 radical (unpaired) electrons. The molecule has 2 N–H and O–H groups in total. The number of carbonyl (C=O) groups is 2. The summed E-state index contributed by atoms with van der Waals surface area (Å²) in [5, 5.41) is 0. The first-order valence-corrected chi connectivity index (χ1v) is 9.27. The van der Waals surface area contributed by atoms with Crippen LogP contribution in [-0.4, -0.2) is 63.9 Å². The number of amides is 2. The highest BCUT2D eigenvalue weighted by Gasteiger charge is 2.22. The fourth-order valence-electron chi connectivity index (χ4n) is 2.95. The molecule has 1 heterocycles. The van der Waals surface area contributed by atoms with Crippen LogP contribution in [0.5, 0.6) is 0 Å². The summed E-state index contributed by atoms with van der Waals surface area (Å²) in [6, 6.07) is 9.36. The number of nitrogens with zero attached hydrogens (tertiary/aromatic N) is 4. The van der Waals surface area contributed by atoms with Gasteiger partial charge in [-0.3, -0.25) is 9.59 Å². The van der Waals surface area contributed by atoms with Crippen molar-refractivity contribution >= 4 is 11.8 Å². The van der Waals surface area contributed by atoms with Gasteiger partial charge in [0.25, 0.3) is 0 Å². The van der Waals surface area contributed by atoms with Crippen LogP contribution in [0.1, 0.15) is 25.1 Å². The molecule has 7 nitrogen and oxygen atoms in total. The maximum absolute atomic E-state index is 12.5. The van der Waals surface area contributed by atoms with E-state index >= 15 is 0 Å². The number of aromatic nitrogens is 2. The topological polar surface area (TPSA) is 84.5 Å². The van der Waals surface area contributed by atoms with Crippen LogP contribution in [0, 0.1) is 0 Å². The van der Waals surface area contributed by atoms with Crippen LogP contribution in [0.2, 0.25) is 0 Å². The lowest BCUT2D eigenvalue weighted by Crippen LogP contribution is -2.47. The summed E-state index contributed by atoms with van der Waals surface area (Å²) in [4.78, 5) is 32.1. The van der Waals surface area contributed by atoms with Crippen LogP contribution in [0.4, 0.5) is 0 Å². The van der Waals surface area contributed by atoms with Gasteiger partial charge in [0.05, 0.1) is 24.6 Å². The number of hydrogen-bond donors (Lipinski definition) is 1. The highest BCUT2D eigenvalue weighted by atomic mass is 16.2. The van der Waals surface area contributed by atoms with Crippen molar-refractivity contribution in [2.45, 2.75) is 32.9 Å². The third-order valence-corrected chi connectivity index (χ3v) is 4.51. The zero-order valence-corrected chi connectivity index (χ0v) is 16.3. The number of imidazole rings is 1. The molecule has 2 amide bonds. The zero-order chi connectivity index (χ0) is 19.8. The van der Waals surface area contributed by atoms with Gasteiger partial charge in [0, 0.05) is 39.3 Å². The van der Waals surface area contributed by atoms with Gasteiger partial charge in [0.15, 0.2) is 0 Å². The van der Waals surface area contributed by atoms with Gasteiger partial charge in [-0.25, -0.2) is 4.98 Å². The summed E-state index contributed by atoms with van der Waals surface area (Å²) < 4.78 is 1.97. The summed E-state index contributed by atoms with van der Waals surface area (Å²) >= 11 is 0. The lowest BCUT2D eigenvalue weighted by atomic mass is 10.1. The Kier molecular flexibility index (Phi) is 7.55. The van der Waals surface area contributed by atoms with E-state index < -0.39 is 6.04 Å². The van der Waals surface area contributed by atoms with Crippen molar-refractivity contribution in [3.8, 4) is 0 Å². The van der Waals surface area contributed by atoms with Crippen molar-refractivity contribution in [1.82, 2.24) is 19.4 Å². The number of rotatable bonds is 9. The first-order valence-electron chi connectivity index (χ1n) is 9.27. The molecule has 27 heavy (non-hydrogen) atoms. The third-order valence-electron chi connectivity index (χ3n) is 4.51. The first kappa shape index (κ1) is 20.6. The second-order valence-electron chi connectivity index (χ2n) is 6.59. The molecule has 0 aliphatic heterocycles. The average Bonchev–Trinajstić information content (AvgIpc) is 3.09. The standard InChI is InChI=1S/C20H29N5O2/c1-4-25(5-2)19(26)14-23(3)20(27)18(21)11-17-13-24(15-22-17)12-16-9-7-6-8-10-16/h6-10,13,15,18H,4-5,11-12,14,21H2,1-3H3/t18-/m0/s1. The van der Waals surface area contributed by atoms with E-state index in [1.54, 1.807) is 18.3 Å². The van der Waals surface area contributed by atoms with Crippen molar-refractivity contribution in [2.24, 2.45) is 5.73 Å². The molecule has 1 atom stereocenters. The minimum absolute atomic E-state index is 0.0384. The SMILES string of the molecule is CCN(CC)C(=O)CN(C)C(=O)[C@@H](N)Cc1cn(Cc2ccccc2)cn1. The first-order chi connectivity index (χ1) is 12.9. The zero-order valence-electron chi connectivity index (χ0n) is 16.3. The predicted molar refractivity (Wildman–Crippen MR) is 105 cm³/mol. The van der Waals surface area contributed by atoms with E-state index in [-0.39, 0.29) is 18.4 Å². The van der Waals surface area contributed by atoms with Crippen molar-refractivity contribution in [1.29, 1.82) is 0 Å². The van der Waals surface area contributed by atoms with Gasteiger partial charge >= 0.3 is 0 Å². The maximum atomic E-state index is 12.5. The van der Waals surface area contributed by atoms with Gasteiger partial charge < -0.3 is 20.1 Å². The Morgan fingerprint density at radius 3 is 2.48 bits per heavy atom. The van der Waals surface area contributed by atoms with Gasteiger partial charge in [-0.15, -0.1) is 0 Å². The molecular weight excluding hydrogens is 342 g/mol. The molecule has 2 aromatic rings. The molecule has 0 saturated carbocycles. The van der Waals surface area contributed by atoms with E-state index in [1.165, 1.54) is 10.5 Å². The Bertz CT molecular complexity index is 740. The van der Waals surface area contributed by atoms with Gasteiger partial charge in [-0.05, 0) is 19.4 Å². The van der Waals surface area contributed by atoms with Crippen LogP contribution in [-0.2, 0) is 22.6 Å². The molecule has 2 rings (SSSR count). The maximum Gasteiger partial charge on any atom is 0.242 e. The van der Waals surface area contributed by atoms with Crippen molar-refractivity contribution in [3.05, 3.63) is 54.1 Å². The van der Waals surface area contributed by atoms with Crippen molar-refractivity contribution < 1.29 is 9.59 Å². The summed E-state index contributed by atoms with van der Waals surface area (Å²) in [5.74, 6) is -0.330. The second-order valence-corrected chi connectivity index (χ2v) is 6.59. The quantitative estimate of drug-likeness (QED) is 0.716. The molecule has 0 spiro atoms. The van der Waals surface area contributed by atoms with Crippen LogP contribution in [0.15, 0.2) is 42.9 Å². The molecule has 0 saturated heterocycles. The number of nitrogens with two attached hydrogens (primary N) is 1. The summed E-state index contributed by atoms with van der Waals surface area (Å²) in [6.45, 7) is 5.85. The number of hydrogen-bond acceptors (Lipinski definition) is 4. The second kappa shape index (κ2) is 9.87. The van der Waals surface area contributed by atoms with Crippen molar-refractivity contribution in [3.63, 3.8) is 0 Å². The highest BCUT2D eigenvalue weighted by molar-refractivity contribution is 5.87. The van der Waals surface area contributed by atoms with Gasteiger partial charge in [0.1, 0.15) is 0 Å². The summed E-state index contributed by atoms with van der Waals surface area (Å²) in [5.41, 5.74) is 8.00. The molecule has 7 heteroatoms. The number of benzene rings is 1. The molecule has 1 aromatic carbocycles. The number of carbonyl (C=O) groups excluding carboxylic acids is 2. The molecule has 0 aliphatic carbocycles. The summed E-state index contributed by atoms with van der Waals surface area (Å²) in [6.07, 6.45) is 3.98. The minimum atomic E-state index is -0.723. The van der Waals surface area contributed by atoms with E-state index in [4.69, 9.17) is 5.73 Å². The van der Waals surface area contributed by atoms with E-state index in [2.05, 4.69) is 17.1 Å². The van der Waals surface area contributed by atoms with Crippen LogP contribution >= 0.6 is 0 Å². The third kappa shape index (κ3) is 5.92. The average molecular weight is 371 g/mol. The highest BCUT2D eigenvalue weighted by Crippen LogP contribution is 2.06.